The van der Waals surface area contributed by atoms with Crippen LogP contribution in [0, 0.1) is 0 Å². The number of aliphatic hydroxyl groups is 3. The van der Waals surface area contributed by atoms with Crippen LogP contribution in [0.25, 0.3) is 0 Å². The molecule has 1 aliphatic carbocycles. The molecule has 19 nitrogen and oxygen atoms in total. The van der Waals surface area contributed by atoms with Crippen LogP contribution in [0.4, 0.5) is 0 Å². The summed E-state index contributed by atoms with van der Waals surface area (Å²) in [6, 6.07) is 0. The number of esters is 2. The molecule has 1 rings (SSSR count). The summed E-state index contributed by atoms with van der Waals surface area (Å²) in [5, 5.41) is 31.9. The third-order valence-electron chi connectivity index (χ3n) is 10.9. The Bertz CT molecular complexity index is 1550. The second kappa shape index (κ2) is 37.2. The van der Waals surface area contributed by atoms with Crippen molar-refractivity contribution in [2.24, 2.45) is 0 Å². The van der Waals surface area contributed by atoms with Crippen molar-refractivity contribution in [3.8, 4) is 0 Å². The quantitative estimate of drug-likeness (QED) is 0.0123. The Morgan fingerprint density at radius 3 is 1.36 bits per heavy atom. The summed E-state index contributed by atoms with van der Waals surface area (Å²) in [6.07, 6.45) is 21.6. The fraction of sp³-hybridized carbons (Fsp3) is 0.822. The number of phosphoric acid groups is 3. The molecular formula is C45H83O19P3. The molecule has 0 spiro atoms. The highest BCUT2D eigenvalue weighted by atomic mass is 31.2. The number of hydrogen-bond donors (Lipinski definition) is 8. The molecule has 22 heteroatoms. The topological polar surface area (TPSA) is 303 Å². The highest BCUT2D eigenvalue weighted by molar-refractivity contribution is 7.47. The van der Waals surface area contributed by atoms with Crippen molar-refractivity contribution < 1.29 is 90.6 Å². The van der Waals surface area contributed by atoms with Gasteiger partial charge in [-0.1, -0.05) is 153 Å². The summed E-state index contributed by atoms with van der Waals surface area (Å²) in [5.41, 5.74) is 0. The van der Waals surface area contributed by atoms with E-state index in [1.54, 1.807) is 0 Å². The molecule has 1 aliphatic rings. The van der Waals surface area contributed by atoms with Gasteiger partial charge in [-0.15, -0.1) is 0 Å². The first-order chi connectivity index (χ1) is 31.8. The van der Waals surface area contributed by atoms with Gasteiger partial charge in [-0.2, -0.15) is 0 Å². The van der Waals surface area contributed by atoms with Crippen molar-refractivity contribution in [2.75, 3.05) is 13.2 Å². The molecule has 0 amide bonds. The van der Waals surface area contributed by atoms with Crippen LogP contribution >= 0.6 is 23.5 Å². The maximum absolute atomic E-state index is 13.1. The lowest BCUT2D eigenvalue weighted by atomic mass is 9.85. The van der Waals surface area contributed by atoms with Gasteiger partial charge in [-0.05, 0) is 51.4 Å². The van der Waals surface area contributed by atoms with Crippen molar-refractivity contribution in [3.05, 3.63) is 36.5 Å². The molecule has 0 heterocycles. The van der Waals surface area contributed by atoms with E-state index in [9.17, 15) is 63.1 Å². The Morgan fingerprint density at radius 1 is 0.478 bits per heavy atom. The van der Waals surface area contributed by atoms with E-state index in [1.165, 1.54) is 77.0 Å². The van der Waals surface area contributed by atoms with Gasteiger partial charge in [0.15, 0.2) is 6.10 Å². The number of hydrogen-bond acceptors (Lipinski definition) is 14. The van der Waals surface area contributed by atoms with E-state index in [1.807, 2.05) is 12.2 Å². The number of carbonyl (C=O) groups is 2. The molecule has 0 radical (unpaired) electrons. The fourth-order valence-electron chi connectivity index (χ4n) is 7.30. The van der Waals surface area contributed by atoms with Gasteiger partial charge in [-0.3, -0.25) is 27.7 Å². The smallest absolute Gasteiger partial charge is 0.462 e. The fourth-order valence-corrected chi connectivity index (χ4v) is 9.39. The zero-order valence-corrected chi connectivity index (χ0v) is 42.4. The Morgan fingerprint density at radius 2 is 0.866 bits per heavy atom. The van der Waals surface area contributed by atoms with Crippen LogP contribution in [0.5, 0.6) is 0 Å². The van der Waals surface area contributed by atoms with Crippen molar-refractivity contribution in [3.63, 3.8) is 0 Å². The molecule has 392 valence electrons. The molecule has 0 aliphatic heterocycles. The molecular weight excluding hydrogens is 937 g/mol. The second-order valence-electron chi connectivity index (χ2n) is 17.0. The van der Waals surface area contributed by atoms with Gasteiger partial charge in [0.1, 0.15) is 43.2 Å². The molecule has 1 fully saturated rings. The number of rotatable bonds is 41. The van der Waals surface area contributed by atoms with Crippen LogP contribution in [0.15, 0.2) is 36.5 Å². The molecule has 8 N–H and O–H groups in total. The molecule has 0 aromatic carbocycles. The lowest BCUT2D eigenvalue weighted by Gasteiger charge is -2.44. The molecule has 67 heavy (non-hydrogen) atoms. The number of phosphoric ester groups is 3. The third-order valence-corrected chi connectivity index (χ3v) is 13.0. The van der Waals surface area contributed by atoms with Crippen molar-refractivity contribution in [2.45, 2.75) is 224 Å². The lowest BCUT2D eigenvalue weighted by molar-refractivity contribution is -0.213. The van der Waals surface area contributed by atoms with E-state index < -0.39 is 91.3 Å². The van der Waals surface area contributed by atoms with Crippen molar-refractivity contribution >= 4 is 35.4 Å². The summed E-state index contributed by atoms with van der Waals surface area (Å²) in [6.45, 7) is 2.89. The maximum atomic E-state index is 13.1. The first kappa shape index (κ1) is 63.4. The summed E-state index contributed by atoms with van der Waals surface area (Å²) in [7, 11) is -16.6. The lowest BCUT2D eigenvalue weighted by Crippen LogP contribution is -2.65. The van der Waals surface area contributed by atoms with Crippen LogP contribution in [0.1, 0.15) is 181 Å². The summed E-state index contributed by atoms with van der Waals surface area (Å²) in [4.78, 5) is 73.2. The Labute approximate surface area is 398 Å². The number of ether oxygens (including phenoxy) is 2. The standard InChI is InChI=1S/C45H83O19P3/c1-3-5-7-9-11-13-15-17-19-21-23-25-27-29-31-33-38(46)59-35-37(61-39(47)34-32-30-28-26-24-22-20-18-16-14-12-10-8-6-4-2)36-60-67(57,58)64-43-40(48)41(49)44(62-65(51,52)53)45(42(43)50)63-66(54,55)56/h11,13,17,19,23,25,37,40-45,48-50H,3-10,12,14-16,18,20-22,24,26-36H2,1-2H3,(H,57,58)(H2,51,52,53)(H2,54,55,56)/b13-11-,19-17-,25-23-/t37-,40?,41?,42?,43+,44?,45+/m1/s1. The maximum Gasteiger partial charge on any atom is 0.472 e. The van der Waals surface area contributed by atoms with Crippen LogP contribution in [0.3, 0.4) is 0 Å². The number of aliphatic hydroxyl groups excluding tert-OH is 3. The highest BCUT2D eigenvalue weighted by Gasteiger charge is 2.56. The molecule has 0 bridgehead atoms. The minimum absolute atomic E-state index is 0.00732. The number of unbranched alkanes of at least 4 members (excludes halogenated alkanes) is 19. The Balaban J connectivity index is 2.75. The van der Waals surface area contributed by atoms with Crippen molar-refractivity contribution in [1.29, 1.82) is 0 Å². The monoisotopic (exact) mass is 1020 g/mol. The summed E-state index contributed by atoms with van der Waals surface area (Å²) >= 11 is 0. The Kier molecular flexibility index (Phi) is 35.2. The largest absolute Gasteiger partial charge is 0.472 e. The van der Waals surface area contributed by atoms with Crippen LogP contribution < -0.4 is 0 Å². The summed E-state index contributed by atoms with van der Waals surface area (Å²) in [5.74, 6) is -1.34. The molecule has 5 unspecified atom stereocenters. The first-order valence-electron chi connectivity index (χ1n) is 24.3. The Hall–Kier alpha value is -1.63. The normalized spacial score (nSPS) is 21.9. The van der Waals surface area contributed by atoms with E-state index in [-0.39, 0.29) is 12.8 Å². The van der Waals surface area contributed by atoms with Crippen molar-refractivity contribution in [1.82, 2.24) is 0 Å². The van der Waals surface area contributed by atoms with Crippen LogP contribution in [0.2, 0.25) is 0 Å². The van der Waals surface area contributed by atoms with Gasteiger partial charge >= 0.3 is 35.4 Å². The average Bonchev–Trinajstić information content (AvgIpc) is 3.25. The molecule has 8 atom stereocenters. The second-order valence-corrected chi connectivity index (χ2v) is 20.8. The van der Waals surface area contributed by atoms with E-state index >= 15 is 0 Å². The van der Waals surface area contributed by atoms with Gasteiger partial charge in [-0.25, -0.2) is 13.7 Å². The van der Waals surface area contributed by atoms with Gasteiger partial charge in [0.05, 0.1) is 6.61 Å². The van der Waals surface area contributed by atoms with E-state index in [2.05, 4.69) is 47.2 Å². The molecule has 0 aromatic heterocycles. The number of carbonyl (C=O) groups excluding carboxylic acids is 2. The van der Waals surface area contributed by atoms with E-state index in [0.717, 1.165) is 57.8 Å². The third kappa shape index (κ3) is 33.6. The minimum atomic E-state index is -5.60. The predicted molar refractivity (Wildman–Crippen MR) is 252 cm³/mol. The minimum Gasteiger partial charge on any atom is -0.462 e. The van der Waals surface area contributed by atoms with Gasteiger partial charge in [0, 0.05) is 12.8 Å². The molecule has 1 saturated carbocycles. The van der Waals surface area contributed by atoms with Crippen LogP contribution in [-0.4, -0.2) is 108 Å². The van der Waals surface area contributed by atoms with E-state index in [4.69, 9.17) is 18.5 Å². The first-order valence-corrected chi connectivity index (χ1v) is 28.8. The average molecular weight is 1020 g/mol. The zero-order valence-electron chi connectivity index (χ0n) is 39.7. The van der Waals surface area contributed by atoms with E-state index in [0.29, 0.717) is 19.3 Å². The molecule has 0 aromatic rings. The zero-order chi connectivity index (χ0) is 50.0. The summed E-state index contributed by atoms with van der Waals surface area (Å²) < 4.78 is 65.4. The number of allylic oxidation sites excluding steroid dienone is 6. The van der Waals surface area contributed by atoms with Gasteiger partial charge in [0.2, 0.25) is 0 Å². The predicted octanol–water partition coefficient (Wildman–Crippen LogP) is 8.85. The highest BCUT2D eigenvalue weighted by Crippen LogP contribution is 2.51. The van der Waals surface area contributed by atoms with Crippen LogP contribution in [-0.2, 0) is 50.9 Å². The SMILES string of the molecule is CCCCC/C=C\C/C=C\C/C=C\CCCCC(=O)OC[C@H](COP(=O)(O)O[C@H]1C(O)C(O)C(OP(=O)(O)O)[C@@H](OP(=O)(O)O)C1O)OC(=O)CCCCCCCCCCCCCCCCC. The van der Waals surface area contributed by atoms with Gasteiger partial charge < -0.3 is 49.3 Å². The molecule has 0 saturated heterocycles. The van der Waals surface area contributed by atoms with Gasteiger partial charge in [0.25, 0.3) is 0 Å².